The number of ether oxygens (including phenoxy) is 2. The van der Waals surface area contributed by atoms with Gasteiger partial charge in [0.2, 0.25) is 15.9 Å². The van der Waals surface area contributed by atoms with E-state index >= 15 is 0 Å². The monoisotopic (exact) mass is 472 g/mol. The Morgan fingerprint density at radius 2 is 1.62 bits per heavy atom. The van der Waals surface area contributed by atoms with E-state index < -0.39 is 22.0 Å². The van der Waals surface area contributed by atoms with Gasteiger partial charge in [-0.3, -0.25) is 4.79 Å². The van der Waals surface area contributed by atoms with Crippen molar-refractivity contribution in [1.82, 2.24) is 4.72 Å². The van der Waals surface area contributed by atoms with E-state index in [4.69, 9.17) is 21.1 Å². The molecular formula is C23H21ClN2O5S. The standard InChI is InChI=1S/C23H21ClN2O5S/c24-17-6-9-19(10-7-17)32(28,29)26-20(14-16-4-2-1-3-5-16)23(27)25-18-8-11-21-22(15-18)31-13-12-30-21/h1-11,15,20,26H,12-14H2,(H,25,27)/t20-/m1/s1. The number of rotatable bonds is 7. The van der Waals surface area contributed by atoms with Gasteiger partial charge < -0.3 is 14.8 Å². The van der Waals surface area contributed by atoms with Gasteiger partial charge in [0.25, 0.3) is 0 Å². The van der Waals surface area contributed by atoms with E-state index in [0.29, 0.717) is 35.4 Å². The molecule has 0 aliphatic carbocycles. The molecule has 3 aromatic rings. The maximum Gasteiger partial charge on any atom is 0.242 e. The Labute approximate surface area is 191 Å². The minimum Gasteiger partial charge on any atom is -0.486 e. The van der Waals surface area contributed by atoms with Crippen LogP contribution in [0.2, 0.25) is 5.02 Å². The van der Waals surface area contributed by atoms with Crippen LogP contribution in [0.25, 0.3) is 0 Å². The highest BCUT2D eigenvalue weighted by Crippen LogP contribution is 2.32. The fourth-order valence-corrected chi connectivity index (χ4v) is 4.58. The van der Waals surface area contributed by atoms with E-state index in [1.54, 1.807) is 18.2 Å². The zero-order valence-corrected chi connectivity index (χ0v) is 18.5. The first kappa shape index (κ1) is 22.1. The van der Waals surface area contributed by atoms with Crippen molar-refractivity contribution >= 4 is 33.2 Å². The molecule has 1 amide bonds. The van der Waals surface area contributed by atoms with Crippen molar-refractivity contribution in [2.75, 3.05) is 18.5 Å². The van der Waals surface area contributed by atoms with Gasteiger partial charge in [-0.05, 0) is 48.4 Å². The topological polar surface area (TPSA) is 93.7 Å². The van der Waals surface area contributed by atoms with Crippen molar-refractivity contribution in [1.29, 1.82) is 0 Å². The molecule has 4 rings (SSSR count). The zero-order chi connectivity index (χ0) is 22.6. The fraction of sp³-hybridized carbons (Fsp3) is 0.174. The van der Waals surface area contributed by atoms with Crippen LogP contribution < -0.4 is 19.5 Å². The number of anilines is 1. The Hall–Kier alpha value is -3.07. The van der Waals surface area contributed by atoms with E-state index in [1.165, 1.54) is 24.3 Å². The van der Waals surface area contributed by atoms with Crippen LogP contribution in [-0.4, -0.2) is 33.6 Å². The Morgan fingerprint density at radius 1 is 0.938 bits per heavy atom. The summed E-state index contributed by atoms with van der Waals surface area (Å²) in [6.07, 6.45) is 0.171. The average Bonchev–Trinajstić information content (AvgIpc) is 2.79. The predicted octanol–water partition coefficient (Wildman–Crippen LogP) is 3.64. The highest BCUT2D eigenvalue weighted by Gasteiger charge is 2.26. The molecule has 0 unspecified atom stereocenters. The first-order valence-corrected chi connectivity index (χ1v) is 11.8. The Bertz CT molecular complexity index is 1200. The predicted molar refractivity (Wildman–Crippen MR) is 122 cm³/mol. The normalized spacial score (nSPS) is 13.9. The number of nitrogens with one attached hydrogen (secondary N) is 2. The molecule has 0 bridgehead atoms. The summed E-state index contributed by atoms with van der Waals surface area (Å²) in [7, 11) is -3.96. The number of amides is 1. The van der Waals surface area contributed by atoms with Gasteiger partial charge in [0, 0.05) is 16.8 Å². The first-order valence-electron chi connectivity index (χ1n) is 9.93. The number of benzene rings is 3. The third-order valence-electron chi connectivity index (χ3n) is 4.83. The van der Waals surface area contributed by atoms with E-state index in [-0.39, 0.29) is 11.3 Å². The van der Waals surface area contributed by atoms with Crippen molar-refractivity contribution in [3.63, 3.8) is 0 Å². The van der Waals surface area contributed by atoms with Gasteiger partial charge in [-0.2, -0.15) is 4.72 Å². The molecule has 32 heavy (non-hydrogen) atoms. The molecule has 1 aliphatic rings. The molecule has 1 atom stereocenters. The largest absolute Gasteiger partial charge is 0.486 e. The number of sulfonamides is 1. The molecule has 166 valence electrons. The SMILES string of the molecule is O=C(Nc1ccc2c(c1)OCCO2)[C@@H](Cc1ccccc1)NS(=O)(=O)c1ccc(Cl)cc1. The second kappa shape index (κ2) is 9.60. The van der Waals surface area contributed by atoms with E-state index in [1.807, 2.05) is 30.3 Å². The smallest absolute Gasteiger partial charge is 0.242 e. The number of fused-ring (bicyclic) bond motifs is 1. The Kier molecular flexibility index (Phi) is 6.64. The molecule has 0 saturated heterocycles. The minimum absolute atomic E-state index is 0.0205. The lowest BCUT2D eigenvalue weighted by molar-refractivity contribution is -0.117. The van der Waals surface area contributed by atoms with E-state index in [2.05, 4.69) is 10.0 Å². The van der Waals surface area contributed by atoms with Gasteiger partial charge in [-0.1, -0.05) is 41.9 Å². The summed E-state index contributed by atoms with van der Waals surface area (Å²) in [5, 5.41) is 3.19. The number of hydrogen-bond acceptors (Lipinski definition) is 5. The number of carbonyl (C=O) groups is 1. The van der Waals surface area contributed by atoms with Crippen LogP contribution in [0.4, 0.5) is 5.69 Å². The molecule has 0 spiro atoms. The van der Waals surface area contributed by atoms with Crippen LogP contribution in [0.1, 0.15) is 5.56 Å². The Morgan fingerprint density at radius 3 is 2.34 bits per heavy atom. The lowest BCUT2D eigenvalue weighted by Gasteiger charge is -2.21. The van der Waals surface area contributed by atoms with Crippen molar-refractivity contribution in [3.05, 3.63) is 83.4 Å². The Balaban J connectivity index is 1.57. The molecule has 1 heterocycles. The summed E-state index contributed by atoms with van der Waals surface area (Å²) in [6, 6.07) is 18.9. The highest BCUT2D eigenvalue weighted by atomic mass is 35.5. The molecular weight excluding hydrogens is 452 g/mol. The van der Waals surface area contributed by atoms with Gasteiger partial charge in [0.15, 0.2) is 11.5 Å². The second-order valence-corrected chi connectivity index (χ2v) is 9.32. The van der Waals surface area contributed by atoms with Crippen LogP contribution >= 0.6 is 11.6 Å². The molecule has 0 aromatic heterocycles. The van der Waals surface area contributed by atoms with Gasteiger partial charge in [0.1, 0.15) is 19.3 Å². The van der Waals surface area contributed by atoms with Gasteiger partial charge in [-0.25, -0.2) is 8.42 Å². The van der Waals surface area contributed by atoms with Crippen LogP contribution in [-0.2, 0) is 21.2 Å². The van der Waals surface area contributed by atoms with Crippen LogP contribution in [0.15, 0.2) is 77.7 Å². The number of halogens is 1. The van der Waals surface area contributed by atoms with Gasteiger partial charge >= 0.3 is 0 Å². The summed E-state index contributed by atoms with van der Waals surface area (Å²) >= 11 is 5.87. The van der Waals surface area contributed by atoms with Crippen molar-refractivity contribution < 1.29 is 22.7 Å². The molecule has 7 nitrogen and oxygen atoms in total. The fourth-order valence-electron chi connectivity index (χ4n) is 3.26. The molecule has 0 saturated carbocycles. The first-order chi connectivity index (χ1) is 15.4. The average molecular weight is 473 g/mol. The summed E-state index contributed by atoms with van der Waals surface area (Å²) in [4.78, 5) is 13.1. The summed E-state index contributed by atoms with van der Waals surface area (Å²) in [5.41, 5.74) is 1.29. The van der Waals surface area contributed by atoms with Crippen LogP contribution in [0.5, 0.6) is 11.5 Å². The quantitative estimate of drug-likeness (QED) is 0.547. The van der Waals surface area contributed by atoms with Gasteiger partial charge in [0.05, 0.1) is 4.90 Å². The number of carbonyl (C=O) groups excluding carboxylic acids is 1. The zero-order valence-electron chi connectivity index (χ0n) is 17.0. The van der Waals surface area contributed by atoms with Crippen molar-refractivity contribution in [2.24, 2.45) is 0 Å². The van der Waals surface area contributed by atoms with Gasteiger partial charge in [-0.15, -0.1) is 0 Å². The number of hydrogen-bond donors (Lipinski definition) is 2. The maximum absolute atomic E-state index is 13.1. The minimum atomic E-state index is -3.96. The molecule has 0 radical (unpaired) electrons. The molecule has 1 aliphatic heterocycles. The third-order valence-corrected chi connectivity index (χ3v) is 6.57. The van der Waals surface area contributed by atoms with E-state index in [9.17, 15) is 13.2 Å². The highest BCUT2D eigenvalue weighted by molar-refractivity contribution is 7.89. The summed E-state index contributed by atoms with van der Waals surface area (Å²) in [6.45, 7) is 0.881. The van der Waals surface area contributed by atoms with Crippen LogP contribution in [0.3, 0.4) is 0 Å². The summed E-state index contributed by atoms with van der Waals surface area (Å²) < 4.78 is 39.4. The van der Waals surface area contributed by atoms with Crippen molar-refractivity contribution in [2.45, 2.75) is 17.4 Å². The molecule has 3 aromatic carbocycles. The second-order valence-electron chi connectivity index (χ2n) is 7.17. The van der Waals surface area contributed by atoms with Crippen LogP contribution in [0, 0.1) is 0 Å². The van der Waals surface area contributed by atoms with E-state index in [0.717, 1.165) is 5.56 Å². The lowest BCUT2D eigenvalue weighted by atomic mass is 10.1. The maximum atomic E-state index is 13.1. The summed E-state index contributed by atoms with van der Waals surface area (Å²) in [5.74, 6) is 0.622. The molecule has 9 heteroatoms. The third kappa shape index (κ3) is 5.40. The molecule has 0 fully saturated rings. The lowest BCUT2D eigenvalue weighted by Crippen LogP contribution is -2.45. The van der Waals surface area contributed by atoms with Crippen molar-refractivity contribution in [3.8, 4) is 11.5 Å². The molecule has 2 N–H and O–H groups in total.